The lowest BCUT2D eigenvalue weighted by molar-refractivity contribution is -0.141. The average molecular weight is 206 g/mol. The van der Waals surface area contributed by atoms with Crippen molar-refractivity contribution in [1.29, 1.82) is 0 Å². The van der Waals surface area contributed by atoms with Crippen LogP contribution in [0.1, 0.15) is 25.1 Å². The second-order valence-electron chi connectivity index (χ2n) is 3.34. The van der Waals surface area contributed by atoms with Gasteiger partial charge in [-0.3, -0.25) is 0 Å². The summed E-state index contributed by atoms with van der Waals surface area (Å²) < 4.78 is 37.2. The molecule has 0 aliphatic rings. The van der Waals surface area contributed by atoms with Gasteiger partial charge in [-0.1, -0.05) is 0 Å². The summed E-state index contributed by atoms with van der Waals surface area (Å²) in [5, 5.41) is 9.44. The van der Waals surface area contributed by atoms with E-state index in [0.717, 1.165) is 6.33 Å². The number of rotatable bonds is 1. The first-order chi connectivity index (χ1) is 6.23. The van der Waals surface area contributed by atoms with Gasteiger partial charge in [-0.2, -0.15) is 13.2 Å². The topological polar surface area (TPSA) is 46.0 Å². The Morgan fingerprint density at radius 3 is 2.21 bits per heavy atom. The van der Waals surface area contributed by atoms with Crippen molar-refractivity contribution in [3.63, 3.8) is 0 Å². The van der Waals surface area contributed by atoms with Gasteiger partial charge in [0, 0.05) is 6.20 Å². The Hall–Kier alpha value is -1.17. The second kappa shape index (κ2) is 3.20. The fourth-order valence-electron chi connectivity index (χ4n) is 1.02. The molecule has 1 aromatic heterocycles. The maximum absolute atomic E-state index is 12.4. The van der Waals surface area contributed by atoms with E-state index in [1.165, 1.54) is 13.8 Å². The van der Waals surface area contributed by atoms with Gasteiger partial charge in [-0.05, 0) is 13.8 Å². The third kappa shape index (κ3) is 2.20. The minimum absolute atomic E-state index is 0.417. The van der Waals surface area contributed by atoms with Gasteiger partial charge < -0.3 is 5.11 Å². The molecular formula is C8H9F3N2O. The summed E-state index contributed by atoms with van der Waals surface area (Å²) in [5.74, 6) is 0. The molecule has 0 aliphatic carbocycles. The molecule has 0 aliphatic heterocycles. The van der Waals surface area contributed by atoms with Crippen molar-refractivity contribution in [1.82, 2.24) is 9.97 Å². The van der Waals surface area contributed by atoms with E-state index in [-0.39, 0.29) is 0 Å². The highest BCUT2D eigenvalue weighted by Gasteiger charge is 2.38. The first-order valence-corrected chi connectivity index (χ1v) is 3.83. The van der Waals surface area contributed by atoms with Crippen LogP contribution in [-0.2, 0) is 11.8 Å². The van der Waals surface area contributed by atoms with E-state index in [1.807, 2.05) is 0 Å². The van der Waals surface area contributed by atoms with E-state index < -0.39 is 23.0 Å². The van der Waals surface area contributed by atoms with Crippen LogP contribution in [0.3, 0.4) is 0 Å². The highest BCUT2D eigenvalue weighted by molar-refractivity contribution is 5.24. The van der Waals surface area contributed by atoms with Crippen LogP contribution < -0.4 is 0 Å². The zero-order valence-electron chi connectivity index (χ0n) is 7.63. The molecule has 0 aromatic carbocycles. The molecule has 14 heavy (non-hydrogen) atoms. The standard InChI is InChI=1S/C8H9F3N2O/c1-7(2,14)6-5(8(9,10)11)3-12-4-13-6/h3-4,14H,1-2H3. The summed E-state index contributed by atoms with van der Waals surface area (Å²) >= 11 is 0. The molecule has 0 amide bonds. The molecule has 1 aromatic rings. The summed E-state index contributed by atoms with van der Waals surface area (Å²) in [7, 11) is 0. The molecule has 0 fully saturated rings. The Morgan fingerprint density at radius 2 is 1.86 bits per heavy atom. The normalized spacial score (nSPS) is 13.0. The number of nitrogens with zero attached hydrogens (tertiary/aromatic N) is 2. The lowest BCUT2D eigenvalue weighted by atomic mass is 10.0. The summed E-state index contributed by atoms with van der Waals surface area (Å²) in [5.41, 5.74) is -3.05. The molecule has 0 bridgehead atoms. The van der Waals surface area contributed by atoms with Crippen LogP contribution in [0.5, 0.6) is 0 Å². The summed E-state index contributed by atoms with van der Waals surface area (Å²) in [6.07, 6.45) is -2.92. The van der Waals surface area contributed by atoms with E-state index in [1.54, 1.807) is 0 Å². The third-order valence-corrected chi connectivity index (χ3v) is 1.60. The van der Waals surface area contributed by atoms with Gasteiger partial charge in [0.25, 0.3) is 0 Å². The van der Waals surface area contributed by atoms with Crippen LogP contribution in [-0.4, -0.2) is 15.1 Å². The minimum Gasteiger partial charge on any atom is -0.384 e. The summed E-state index contributed by atoms with van der Waals surface area (Å²) in [6.45, 7) is 2.48. The highest BCUT2D eigenvalue weighted by atomic mass is 19.4. The van der Waals surface area contributed by atoms with Crippen LogP contribution >= 0.6 is 0 Å². The maximum Gasteiger partial charge on any atom is 0.419 e. The predicted molar refractivity (Wildman–Crippen MR) is 42.3 cm³/mol. The smallest absolute Gasteiger partial charge is 0.384 e. The molecule has 1 rings (SSSR count). The van der Waals surface area contributed by atoms with E-state index in [9.17, 15) is 18.3 Å². The molecule has 0 unspecified atom stereocenters. The molecule has 1 heterocycles. The monoisotopic (exact) mass is 206 g/mol. The van der Waals surface area contributed by atoms with Gasteiger partial charge in [0.1, 0.15) is 11.9 Å². The van der Waals surface area contributed by atoms with E-state index >= 15 is 0 Å². The van der Waals surface area contributed by atoms with E-state index in [0.29, 0.717) is 6.20 Å². The van der Waals surface area contributed by atoms with Crippen molar-refractivity contribution in [2.45, 2.75) is 25.6 Å². The zero-order chi connectivity index (χ0) is 11.0. The van der Waals surface area contributed by atoms with Crippen molar-refractivity contribution < 1.29 is 18.3 Å². The fourth-order valence-corrected chi connectivity index (χ4v) is 1.02. The van der Waals surface area contributed by atoms with Gasteiger partial charge in [-0.15, -0.1) is 0 Å². The molecule has 0 saturated carbocycles. The van der Waals surface area contributed by atoms with Crippen molar-refractivity contribution in [2.75, 3.05) is 0 Å². The Morgan fingerprint density at radius 1 is 1.29 bits per heavy atom. The lowest BCUT2D eigenvalue weighted by Gasteiger charge is -2.20. The fraction of sp³-hybridized carbons (Fsp3) is 0.500. The molecule has 0 saturated heterocycles. The largest absolute Gasteiger partial charge is 0.419 e. The predicted octanol–water partition coefficient (Wildman–Crippen LogP) is 1.72. The number of hydrogen-bond donors (Lipinski definition) is 1. The number of aliphatic hydroxyl groups is 1. The first kappa shape index (κ1) is 10.9. The first-order valence-electron chi connectivity index (χ1n) is 3.83. The maximum atomic E-state index is 12.4. The zero-order valence-corrected chi connectivity index (χ0v) is 7.63. The van der Waals surface area contributed by atoms with Gasteiger partial charge in [-0.25, -0.2) is 9.97 Å². The molecule has 3 nitrogen and oxygen atoms in total. The number of hydrogen-bond acceptors (Lipinski definition) is 3. The van der Waals surface area contributed by atoms with Gasteiger partial charge in [0.2, 0.25) is 0 Å². The van der Waals surface area contributed by atoms with E-state index in [4.69, 9.17) is 0 Å². The average Bonchev–Trinajstić information content (AvgIpc) is 2.01. The van der Waals surface area contributed by atoms with Gasteiger partial charge in [0.05, 0.1) is 11.3 Å². The molecule has 0 spiro atoms. The number of alkyl halides is 3. The Bertz CT molecular complexity index is 297. The third-order valence-electron chi connectivity index (χ3n) is 1.60. The number of halogens is 3. The summed E-state index contributed by atoms with van der Waals surface area (Å²) in [4.78, 5) is 6.72. The molecule has 6 heteroatoms. The van der Waals surface area contributed by atoms with Crippen LogP contribution in [0.25, 0.3) is 0 Å². The highest BCUT2D eigenvalue weighted by Crippen LogP contribution is 2.34. The Kier molecular flexibility index (Phi) is 2.49. The Labute approximate surface area is 78.6 Å². The lowest BCUT2D eigenvalue weighted by Crippen LogP contribution is -2.24. The Balaban J connectivity index is 3.31. The van der Waals surface area contributed by atoms with Gasteiger partial charge >= 0.3 is 6.18 Å². The molecule has 1 N–H and O–H groups in total. The quantitative estimate of drug-likeness (QED) is 0.761. The van der Waals surface area contributed by atoms with Crippen LogP contribution in [0.15, 0.2) is 12.5 Å². The number of aromatic nitrogens is 2. The van der Waals surface area contributed by atoms with Crippen molar-refractivity contribution in [2.24, 2.45) is 0 Å². The summed E-state index contributed by atoms with van der Waals surface area (Å²) in [6, 6.07) is 0. The van der Waals surface area contributed by atoms with E-state index in [2.05, 4.69) is 9.97 Å². The molecule has 78 valence electrons. The minimum atomic E-state index is -4.55. The van der Waals surface area contributed by atoms with Crippen LogP contribution in [0, 0.1) is 0 Å². The SMILES string of the molecule is CC(C)(O)c1ncncc1C(F)(F)F. The molecule has 0 radical (unpaired) electrons. The van der Waals surface area contributed by atoms with Crippen molar-refractivity contribution in [3.8, 4) is 0 Å². The molecular weight excluding hydrogens is 197 g/mol. The molecule has 0 atom stereocenters. The van der Waals surface area contributed by atoms with Gasteiger partial charge in [0.15, 0.2) is 0 Å². The van der Waals surface area contributed by atoms with Crippen molar-refractivity contribution >= 4 is 0 Å². The second-order valence-corrected chi connectivity index (χ2v) is 3.34. The van der Waals surface area contributed by atoms with Crippen LogP contribution in [0.4, 0.5) is 13.2 Å². The van der Waals surface area contributed by atoms with Crippen LogP contribution in [0.2, 0.25) is 0 Å². The van der Waals surface area contributed by atoms with Crippen molar-refractivity contribution in [3.05, 3.63) is 23.8 Å².